The third kappa shape index (κ3) is 4.88. The van der Waals surface area contributed by atoms with Crippen LogP contribution in [0.2, 0.25) is 28.9 Å². The molecule has 0 spiro atoms. The number of aromatic nitrogens is 1. The second kappa shape index (κ2) is 10.8. The Bertz CT molecular complexity index is 1970. The summed E-state index contributed by atoms with van der Waals surface area (Å²) in [5.74, 6) is 0. The molecule has 2 aliphatic carbocycles. The average molecular weight is 704 g/mol. The van der Waals surface area contributed by atoms with E-state index in [9.17, 15) is 0 Å². The first-order valence-electron chi connectivity index (χ1n) is 14.5. The van der Waals surface area contributed by atoms with Gasteiger partial charge in [-0.15, -0.1) is 24.8 Å². The van der Waals surface area contributed by atoms with E-state index in [0.29, 0.717) is 3.63 Å². The molecule has 5 aromatic rings. The molecule has 6 heteroatoms. The van der Waals surface area contributed by atoms with Crippen molar-refractivity contribution in [1.29, 1.82) is 0 Å². The van der Waals surface area contributed by atoms with E-state index in [2.05, 4.69) is 139 Å². The molecule has 1 aromatic heterocycles. The molecule has 1 unspecified atom stereocenters. The molecule has 42 heavy (non-hydrogen) atoms. The number of benzene rings is 4. The minimum absolute atomic E-state index is 0. The molecule has 7 rings (SSSR count). The number of hydrogen-bond donors (Lipinski definition) is 0. The summed E-state index contributed by atoms with van der Waals surface area (Å²) in [6.45, 7) is 10.1. The maximum atomic E-state index is 4.84. The van der Waals surface area contributed by atoms with Crippen LogP contribution in [0, 0.1) is 0 Å². The van der Waals surface area contributed by atoms with Crippen LogP contribution < -0.4 is 3.27 Å². The van der Waals surface area contributed by atoms with E-state index in [1.807, 2.05) is 0 Å². The molecule has 4 aromatic carbocycles. The number of fused-ring (bicyclic) bond motifs is 5. The van der Waals surface area contributed by atoms with Crippen molar-refractivity contribution in [3.8, 4) is 22.3 Å². The molecule has 1 atom stereocenters. The van der Waals surface area contributed by atoms with E-state index >= 15 is 0 Å². The molecule has 0 saturated carbocycles. The van der Waals surface area contributed by atoms with Gasteiger partial charge in [0.25, 0.3) is 0 Å². The van der Waals surface area contributed by atoms with Gasteiger partial charge in [-0.25, -0.2) is 0 Å². The van der Waals surface area contributed by atoms with Crippen LogP contribution in [0.3, 0.4) is 0 Å². The Morgan fingerprint density at radius 2 is 1.45 bits per heavy atom. The molecule has 0 fully saturated rings. The summed E-state index contributed by atoms with van der Waals surface area (Å²) in [7, 11) is -1.63. The van der Waals surface area contributed by atoms with Crippen LogP contribution >= 0.6 is 24.8 Å². The Morgan fingerprint density at radius 1 is 0.786 bits per heavy atom. The van der Waals surface area contributed by atoms with Crippen molar-refractivity contribution in [2.75, 3.05) is 0 Å². The zero-order chi connectivity index (χ0) is 27.9. The monoisotopic (exact) mass is 701 g/mol. The Hall–Kier alpha value is -2.07. The van der Waals surface area contributed by atoms with Gasteiger partial charge in [0.1, 0.15) is 0 Å². The molecular weight excluding hydrogens is 665 g/mol. The van der Waals surface area contributed by atoms with Crippen molar-refractivity contribution < 1.29 is 17.4 Å². The van der Waals surface area contributed by atoms with Crippen LogP contribution in [0.4, 0.5) is 0 Å². The number of para-hydroxylation sites is 1. The smallest absolute Gasteiger partial charge is 0.147 e. The summed E-state index contributed by atoms with van der Waals surface area (Å²) in [5, 5.41) is 2.94. The Labute approximate surface area is 266 Å². The van der Waals surface area contributed by atoms with E-state index in [1.165, 1.54) is 38.8 Å². The average Bonchev–Trinajstić information content (AvgIpc) is 3.52. The van der Waals surface area contributed by atoms with Gasteiger partial charge < -0.3 is 0 Å². The molecule has 1 heterocycles. The summed E-state index contributed by atoms with van der Waals surface area (Å²) >= 11 is -3.65. The Morgan fingerprint density at radius 3 is 2.24 bits per heavy atom. The molecule has 0 bridgehead atoms. The van der Waals surface area contributed by atoms with Crippen LogP contribution in [0.1, 0.15) is 25.9 Å². The standard InChI is InChI=1S/C21H20NSi.C13H9.2CH3.2ClH.H2Si.Zr/c1-23(2,3)18-12-15-8-6-9-19(20(15)13-18)17-11-16-7-4-5-10-21(16)22-14-17;1-3-7-12-10(5-1)9-11-6-2-4-8-13(11)12;;;;;;/h4-14H,1-3H3;1-5,7-8H,9H2;2*1H3;2*1H;1H2;. The minimum Gasteiger partial charge on any atom is -0.147 e. The maximum absolute atomic E-state index is 4.84. The number of pyridine rings is 1. The van der Waals surface area contributed by atoms with Crippen molar-refractivity contribution in [2.24, 2.45) is 0 Å². The molecule has 0 radical (unpaired) electrons. The molecule has 1 nitrogen and oxygen atoms in total. The van der Waals surface area contributed by atoms with E-state index < -0.39 is 25.5 Å². The molecule has 0 saturated heterocycles. The van der Waals surface area contributed by atoms with Crippen LogP contribution in [0.15, 0.2) is 102 Å². The predicted octanol–water partition coefficient (Wildman–Crippen LogP) is 9.29. The molecule has 0 amide bonds. The van der Waals surface area contributed by atoms with Crippen molar-refractivity contribution in [3.05, 3.63) is 125 Å². The van der Waals surface area contributed by atoms with Gasteiger partial charge in [-0.3, -0.25) is 0 Å². The summed E-state index contributed by atoms with van der Waals surface area (Å²) in [6, 6.07) is 34.1. The van der Waals surface area contributed by atoms with Crippen molar-refractivity contribution >= 4 is 60.0 Å². The predicted molar refractivity (Wildman–Crippen MR) is 190 cm³/mol. The van der Waals surface area contributed by atoms with Crippen LogP contribution in [-0.2, 0) is 23.8 Å². The first-order chi connectivity index (χ1) is 19.0. The first-order valence-corrected chi connectivity index (χ1v) is 31.5. The van der Waals surface area contributed by atoms with E-state index in [-0.39, 0.29) is 24.8 Å². The van der Waals surface area contributed by atoms with Gasteiger partial charge >= 0.3 is 243 Å². The van der Waals surface area contributed by atoms with Gasteiger partial charge in [0, 0.05) is 0 Å². The zero-order valence-corrected chi connectivity index (χ0v) is 31.6. The number of hydrogen-bond acceptors (Lipinski definition) is 1. The van der Waals surface area contributed by atoms with Crippen molar-refractivity contribution in [3.63, 3.8) is 0 Å². The summed E-state index contributed by atoms with van der Waals surface area (Å²) < 4.78 is 7.69. The molecule has 2 aliphatic rings. The maximum Gasteiger partial charge on any atom is -0.147 e. The first kappa shape index (κ1) is 31.4. The van der Waals surface area contributed by atoms with Gasteiger partial charge in [-0.2, -0.15) is 0 Å². The molecule has 0 N–H and O–H groups in total. The second-order valence-electron chi connectivity index (χ2n) is 14.0. The van der Waals surface area contributed by atoms with Gasteiger partial charge in [-0.1, -0.05) is 0 Å². The van der Waals surface area contributed by atoms with Gasteiger partial charge in [-0.05, 0) is 0 Å². The zero-order valence-electron chi connectivity index (χ0n) is 25.1. The fourth-order valence-electron chi connectivity index (χ4n) is 7.60. The second-order valence-corrected chi connectivity index (χ2v) is 48.5. The van der Waals surface area contributed by atoms with E-state index in [0.717, 1.165) is 11.9 Å². The van der Waals surface area contributed by atoms with Gasteiger partial charge in [0.2, 0.25) is 0 Å². The summed E-state index contributed by atoms with van der Waals surface area (Å²) in [5.41, 5.74) is 12.6. The van der Waals surface area contributed by atoms with Crippen LogP contribution in [0.5, 0.6) is 0 Å². The largest absolute Gasteiger partial charge is 0.147 e. The number of allylic oxidation sites excluding steroid dienone is 1. The summed E-state index contributed by atoms with van der Waals surface area (Å²) in [6.07, 6.45) is 5.77. The molecule has 0 aliphatic heterocycles. The van der Waals surface area contributed by atoms with Gasteiger partial charge in [0.05, 0.1) is 0 Å². The number of nitrogens with zero attached hydrogens (tertiary/aromatic N) is 1. The fraction of sp³-hybridized carbons (Fsp3) is 0.194. The fourth-order valence-corrected chi connectivity index (χ4v) is 32.0. The quantitative estimate of drug-likeness (QED) is 0.167. The normalized spacial score (nSPS) is 15.7. The topological polar surface area (TPSA) is 12.9 Å². The van der Waals surface area contributed by atoms with Crippen molar-refractivity contribution in [1.82, 2.24) is 4.98 Å². The minimum atomic E-state index is -3.65. The molecule has 214 valence electrons. The molecular formula is C36H39Cl2NSi2Zr. The van der Waals surface area contributed by atoms with E-state index in [4.69, 9.17) is 4.98 Å². The van der Waals surface area contributed by atoms with Crippen LogP contribution in [-0.4, -0.2) is 19.9 Å². The third-order valence-corrected chi connectivity index (χ3v) is 28.6. The van der Waals surface area contributed by atoms with Crippen molar-refractivity contribution in [2.45, 2.75) is 39.0 Å². The number of rotatable bonds is 4. The SMILES string of the molecule is C[Si](C)(C)C1=Cc2c(-c3cnc4ccccc4c3)cccc2[CH]1[Zr]([CH3])([CH3])(=[SiH2])[c]1cccc2c1Cc1ccccc1-2.Cl.Cl. The number of halogens is 2. The van der Waals surface area contributed by atoms with Crippen LogP contribution in [0.25, 0.3) is 39.2 Å². The summed E-state index contributed by atoms with van der Waals surface area (Å²) in [4.78, 5) is 4.84. The third-order valence-electron chi connectivity index (χ3n) is 9.49. The van der Waals surface area contributed by atoms with E-state index in [1.54, 1.807) is 19.6 Å². The Balaban J connectivity index is 0.00000176. The van der Waals surface area contributed by atoms with Gasteiger partial charge in [0.15, 0.2) is 0 Å². The Kier molecular flexibility index (Phi) is 8.08.